The van der Waals surface area contributed by atoms with Crippen molar-refractivity contribution < 1.29 is 4.79 Å². The average molecular weight is 406 g/mol. The summed E-state index contributed by atoms with van der Waals surface area (Å²) in [6.45, 7) is 4.94. The van der Waals surface area contributed by atoms with E-state index in [2.05, 4.69) is 54.2 Å². The fourth-order valence-electron chi connectivity index (χ4n) is 4.63. The fourth-order valence-corrected chi connectivity index (χ4v) is 6.03. The molecule has 5 heteroatoms. The van der Waals surface area contributed by atoms with Crippen molar-refractivity contribution in [1.29, 1.82) is 0 Å². The number of thiophene rings is 1. The van der Waals surface area contributed by atoms with Crippen molar-refractivity contribution in [1.82, 2.24) is 9.47 Å². The molecule has 0 spiro atoms. The molecule has 4 nitrogen and oxygen atoms in total. The highest BCUT2D eigenvalue weighted by molar-refractivity contribution is 7.15. The fraction of sp³-hybridized carbons (Fsp3) is 0.375. The van der Waals surface area contributed by atoms with Gasteiger partial charge in [0.05, 0.1) is 12.6 Å². The van der Waals surface area contributed by atoms with Crippen molar-refractivity contribution in [2.24, 2.45) is 0 Å². The van der Waals surface area contributed by atoms with Crippen LogP contribution in [0.5, 0.6) is 0 Å². The summed E-state index contributed by atoms with van der Waals surface area (Å²) in [5.41, 5.74) is 6.15. The highest BCUT2D eigenvalue weighted by atomic mass is 32.1. The number of aryl methyl sites for hydroxylation is 2. The van der Waals surface area contributed by atoms with Gasteiger partial charge in [0.15, 0.2) is 0 Å². The molecular weight excluding hydrogens is 378 g/mol. The maximum atomic E-state index is 13.3. The molecule has 0 radical (unpaired) electrons. The summed E-state index contributed by atoms with van der Waals surface area (Å²) < 4.78 is 2.31. The van der Waals surface area contributed by atoms with Crippen LogP contribution in [0.25, 0.3) is 5.00 Å². The largest absolute Gasteiger partial charge is 0.322 e. The van der Waals surface area contributed by atoms with Crippen molar-refractivity contribution in [2.75, 3.05) is 5.32 Å². The van der Waals surface area contributed by atoms with E-state index < -0.39 is 0 Å². The third-order valence-electron chi connectivity index (χ3n) is 6.36. The number of fused-ring (bicyclic) bond motifs is 5. The highest BCUT2D eigenvalue weighted by Gasteiger charge is 2.32. The zero-order valence-corrected chi connectivity index (χ0v) is 17.9. The second-order valence-corrected chi connectivity index (χ2v) is 9.17. The van der Waals surface area contributed by atoms with Gasteiger partial charge in [-0.25, -0.2) is 4.79 Å². The number of amides is 2. The Morgan fingerprint density at radius 2 is 1.93 bits per heavy atom. The molecule has 3 aromatic rings. The number of hydrogen-bond acceptors (Lipinski definition) is 2. The lowest BCUT2D eigenvalue weighted by molar-refractivity contribution is 0.189. The van der Waals surface area contributed by atoms with E-state index in [0.29, 0.717) is 6.54 Å². The van der Waals surface area contributed by atoms with Crippen molar-refractivity contribution in [3.05, 3.63) is 69.9 Å². The van der Waals surface area contributed by atoms with E-state index in [-0.39, 0.29) is 12.1 Å². The molecule has 1 N–H and O–H groups in total. The van der Waals surface area contributed by atoms with Crippen molar-refractivity contribution >= 4 is 23.1 Å². The van der Waals surface area contributed by atoms with E-state index >= 15 is 0 Å². The number of nitrogens with zero attached hydrogens (tertiary/aromatic N) is 2. The third-order valence-corrected chi connectivity index (χ3v) is 7.69. The summed E-state index contributed by atoms with van der Waals surface area (Å²) in [6, 6.07) is 12.4. The molecule has 3 heterocycles. The quantitative estimate of drug-likeness (QED) is 0.550. The van der Waals surface area contributed by atoms with Crippen LogP contribution in [0.1, 0.15) is 60.0 Å². The summed E-state index contributed by atoms with van der Waals surface area (Å²) in [7, 11) is 0. The number of hydrogen-bond donors (Lipinski definition) is 1. The molecule has 0 fully saturated rings. The molecule has 29 heavy (non-hydrogen) atoms. The van der Waals surface area contributed by atoms with Gasteiger partial charge in [0.2, 0.25) is 0 Å². The number of rotatable bonds is 2. The normalized spacial score (nSPS) is 17.9. The van der Waals surface area contributed by atoms with E-state index in [1.807, 2.05) is 28.4 Å². The number of urea groups is 1. The first kappa shape index (κ1) is 18.5. The monoisotopic (exact) mass is 405 g/mol. The highest BCUT2D eigenvalue weighted by Crippen LogP contribution is 2.42. The minimum atomic E-state index is -0.0295. The Kier molecular flexibility index (Phi) is 4.70. The molecule has 0 saturated heterocycles. The van der Waals surface area contributed by atoms with E-state index in [1.54, 1.807) is 0 Å². The van der Waals surface area contributed by atoms with Gasteiger partial charge in [0.25, 0.3) is 0 Å². The van der Waals surface area contributed by atoms with E-state index in [1.165, 1.54) is 51.5 Å². The molecule has 1 aliphatic carbocycles. The van der Waals surface area contributed by atoms with Crippen molar-refractivity contribution in [3.8, 4) is 5.00 Å². The van der Waals surface area contributed by atoms with Crippen LogP contribution in [-0.2, 0) is 25.8 Å². The second kappa shape index (κ2) is 7.38. The minimum Gasteiger partial charge on any atom is -0.312 e. The number of anilines is 1. The zero-order chi connectivity index (χ0) is 20.0. The molecule has 2 amide bonds. The Morgan fingerprint density at radius 3 is 2.72 bits per heavy atom. The van der Waals surface area contributed by atoms with Crippen LogP contribution in [0.3, 0.4) is 0 Å². The number of carbonyl (C=O) groups is 1. The lowest BCUT2D eigenvalue weighted by Gasteiger charge is -2.28. The lowest BCUT2D eigenvalue weighted by Crippen LogP contribution is -2.36. The predicted octanol–water partition coefficient (Wildman–Crippen LogP) is 6.09. The van der Waals surface area contributed by atoms with Crippen LogP contribution < -0.4 is 5.32 Å². The Bertz CT molecular complexity index is 1050. The van der Waals surface area contributed by atoms with Crippen LogP contribution >= 0.6 is 11.3 Å². The summed E-state index contributed by atoms with van der Waals surface area (Å²) in [5.74, 6) is 0. The first-order chi connectivity index (χ1) is 14.2. The molecule has 1 atom stereocenters. The van der Waals surface area contributed by atoms with Gasteiger partial charge in [-0.1, -0.05) is 19.1 Å². The number of nitrogens with one attached hydrogen (secondary N) is 1. The van der Waals surface area contributed by atoms with Gasteiger partial charge in [0, 0.05) is 28.0 Å². The van der Waals surface area contributed by atoms with Gasteiger partial charge in [-0.2, -0.15) is 0 Å². The lowest BCUT2D eigenvalue weighted by atomic mass is 9.95. The van der Waals surface area contributed by atoms with Gasteiger partial charge in [-0.15, -0.1) is 11.3 Å². The van der Waals surface area contributed by atoms with E-state index in [0.717, 1.165) is 18.5 Å². The molecule has 1 aromatic carbocycles. The standard InChI is InChI=1S/C24H27N3OS/c1-3-17-10-12-18(13-11-17)25-24(28)27-15-20-19-7-4-5-9-22(19)29-23(20)26-14-6-8-21(26)16(27)2/h6,8,10-14,16H,3-5,7,9,15H2,1-2H3,(H,25,28)/t16-/m0/s1. The van der Waals surface area contributed by atoms with Crippen LogP contribution in [0.2, 0.25) is 0 Å². The summed E-state index contributed by atoms with van der Waals surface area (Å²) in [6.07, 6.45) is 7.99. The predicted molar refractivity (Wildman–Crippen MR) is 119 cm³/mol. The number of aromatic nitrogens is 1. The number of carbonyl (C=O) groups excluding carboxylic acids is 1. The van der Waals surface area contributed by atoms with E-state index in [9.17, 15) is 4.79 Å². The van der Waals surface area contributed by atoms with Crippen LogP contribution in [0.15, 0.2) is 42.6 Å². The van der Waals surface area contributed by atoms with Gasteiger partial charge in [-0.05, 0) is 74.4 Å². The Balaban J connectivity index is 1.50. The number of benzene rings is 1. The average Bonchev–Trinajstić information content (AvgIpc) is 3.34. The van der Waals surface area contributed by atoms with Crippen LogP contribution in [0, 0.1) is 0 Å². The second-order valence-electron chi connectivity index (χ2n) is 8.08. The van der Waals surface area contributed by atoms with Crippen LogP contribution in [-0.4, -0.2) is 15.5 Å². The van der Waals surface area contributed by atoms with Crippen molar-refractivity contribution in [3.63, 3.8) is 0 Å². The Morgan fingerprint density at radius 1 is 1.14 bits per heavy atom. The molecule has 5 rings (SSSR count). The molecule has 0 unspecified atom stereocenters. The van der Waals surface area contributed by atoms with Gasteiger partial charge in [-0.3, -0.25) is 0 Å². The molecule has 0 bridgehead atoms. The minimum absolute atomic E-state index is 0.0127. The maximum Gasteiger partial charge on any atom is 0.322 e. The smallest absolute Gasteiger partial charge is 0.312 e. The molecule has 0 saturated carbocycles. The maximum absolute atomic E-state index is 13.3. The first-order valence-electron chi connectivity index (χ1n) is 10.6. The SMILES string of the molecule is CCc1ccc(NC(=O)N2Cc3c(sc4c3CCCC4)-n3cccc3[C@@H]2C)cc1. The summed E-state index contributed by atoms with van der Waals surface area (Å²) in [4.78, 5) is 16.8. The van der Waals surface area contributed by atoms with Gasteiger partial charge < -0.3 is 14.8 Å². The zero-order valence-electron chi connectivity index (χ0n) is 17.1. The van der Waals surface area contributed by atoms with Crippen molar-refractivity contribution in [2.45, 2.75) is 58.5 Å². The molecular formula is C24H27N3OS. The van der Waals surface area contributed by atoms with Crippen LogP contribution in [0.4, 0.5) is 10.5 Å². The molecule has 2 aliphatic rings. The molecule has 2 aromatic heterocycles. The van der Waals surface area contributed by atoms with Gasteiger partial charge in [0.1, 0.15) is 5.00 Å². The topological polar surface area (TPSA) is 37.3 Å². The molecule has 150 valence electrons. The Hall–Kier alpha value is -2.53. The molecule has 1 aliphatic heterocycles. The van der Waals surface area contributed by atoms with E-state index in [4.69, 9.17) is 0 Å². The summed E-state index contributed by atoms with van der Waals surface area (Å²) in [5, 5.41) is 4.44. The third kappa shape index (κ3) is 3.18. The van der Waals surface area contributed by atoms with Gasteiger partial charge >= 0.3 is 6.03 Å². The Labute approximate surface area is 176 Å². The summed E-state index contributed by atoms with van der Waals surface area (Å²) >= 11 is 1.93. The first-order valence-corrected chi connectivity index (χ1v) is 11.4.